The summed E-state index contributed by atoms with van der Waals surface area (Å²) in [5.41, 5.74) is 2.06. The smallest absolute Gasteiger partial charge is 0.413 e. The Labute approximate surface area is 152 Å². The molecule has 0 aromatic heterocycles. The van der Waals surface area contributed by atoms with Gasteiger partial charge in [0.15, 0.2) is 0 Å². The topological polar surface area (TPSA) is 62.1 Å². The van der Waals surface area contributed by atoms with Gasteiger partial charge >= 0.3 is 6.09 Å². The summed E-state index contributed by atoms with van der Waals surface area (Å²) in [7, 11) is 0. The molecule has 3 aliphatic heterocycles. The molecule has 0 unspecified atom stereocenters. The van der Waals surface area contributed by atoms with Crippen molar-refractivity contribution in [1.29, 1.82) is 0 Å². The van der Waals surface area contributed by atoms with Crippen LogP contribution in [0.2, 0.25) is 0 Å². The number of aliphatic imine (C=N–C) groups is 1. The van der Waals surface area contributed by atoms with Crippen molar-refractivity contribution in [1.82, 2.24) is 4.90 Å². The molecule has 124 valence electrons. The number of ether oxygens (including phenoxy) is 1. The van der Waals surface area contributed by atoms with Crippen molar-refractivity contribution < 1.29 is 14.6 Å². The third-order valence-corrected chi connectivity index (χ3v) is 5.76. The molecule has 0 aromatic carbocycles. The first kappa shape index (κ1) is 16.9. The molecule has 0 aromatic rings. The highest BCUT2D eigenvalue weighted by Crippen LogP contribution is 2.51. The van der Waals surface area contributed by atoms with Crippen LogP contribution in [0.3, 0.4) is 0 Å². The van der Waals surface area contributed by atoms with Crippen LogP contribution in [-0.2, 0) is 4.74 Å². The quantitative estimate of drug-likeness (QED) is 0.600. The second kappa shape index (κ2) is 5.86. The van der Waals surface area contributed by atoms with Crippen LogP contribution in [0.15, 0.2) is 35.8 Å². The Morgan fingerprint density at radius 2 is 2.13 bits per heavy atom. The van der Waals surface area contributed by atoms with E-state index in [1.807, 2.05) is 20.8 Å². The number of hydrogen-bond donors (Lipinski definition) is 1. The molecule has 3 aliphatic rings. The lowest BCUT2D eigenvalue weighted by atomic mass is 10.0. The Kier molecular flexibility index (Phi) is 4.31. The van der Waals surface area contributed by atoms with Gasteiger partial charge in [-0.05, 0) is 48.7 Å². The van der Waals surface area contributed by atoms with E-state index in [4.69, 9.17) is 16.3 Å². The Bertz CT molecular complexity index is 719. The number of amides is 1. The lowest BCUT2D eigenvalue weighted by molar-refractivity contribution is 0.139. The highest BCUT2D eigenvalue weighted by molar-refractivity contribution is 9.14. The summed E-state index contributed by atoms with van der Waals surface area (Å²) in [6.07, 6.45) is 0.234. The molecular formula is C15H16BrClN2O3S. The fourth-order valence-electron chi connectivity index (χ4n) is 2.86. The molecule has 23 heavy (non-hydrogen) atoms. The Hall–Kier alpha value is -0.920. The molecule has 0 aliphatic carbocycles. The van der Waals surface area contributed by atoms with Gasteiger partial charge in [-0.15, -0.1) is 0 Å². The van der Waals surface area contributed by atoms with Crippen molar-refractivity contribution in [3.05, 3.63) is 30.8 Å². The monoisotopic (exact) mass is 418 g/mol. The van der Waals surface area contributed by atoms with Crippen molar-refractivity contribution >= 4 is 51.2 Å². The van der Waals surface area contributed by atoms with E-state index in [1.54, 1.807) is 0 Å². The van der Waals surface area contributed by atoms with Gasteiger partial charge in [0.1, 0.15) is 28.3 Å². The van der Waals surface area contributed by atoms with Crippen LogP contribution < -0.4 is 0 Å². The average Bonchev–Trinajstić information content (AvgIpc) is 2.74. The maximum atomic E-state index is 11.7. The second-order valence-corrected chi connectivity index (χ2v) is 9.35. The third kappa shape index (κ3) is 2.94. The van der Waals surface area contributed by atoms with Crippen LogP contribution in [0, 0.1) is 0 Å². The highest BCUT2D eigenvalue weighted by Gasteiger charge is 2.38. The fraction of sp³-hybridized carbons (Fsp3) is 0.467. The minimum Gasteiger partial charge on any atom is -0.487 e. The number of carbonyl (C=O) groups is 1. The maximum Gasteiger partial charge on any atom is 0.413 e. The predicted octanol–water partition coefficient (Wildman–Crippen LogP) is 5.00. The zero-order valence-electron chi connectivity index (χ0n) is 12.9. The number of rotatable bonds is 0. The highest BCUT2D eigenvalue weighted by atomic mass is 79.9. The van der Waals surface area contributed by atoms with E-state index >= 15 is 0 Å². The molecule has 5 nitrogen and oxygen atoms in total. The molecule has 3 heterocycles. The summed E-state index contributed by atoms with van der Waals surface area (Å²) < 4.78 is 7.10. The molecular weight excluding hydrogens is 404 g/mol. The second-order valence-electron chi connectivity index (χ2n) is 6.41. The molecule has 0 fully saturated rings. The molecule has 1 amide bonds. The summed E-state index contributed by atoms with van der Waals surface area (Å²) in [5.74, 6) is 1.28. The number of nitrogens with zero attached hydrogens (tertiary/aromatic N) is 2. The van der Waals surface area contributed by atoms with Crippen LogP contribution >= 0.6 is 39.3 Å². The molecule has 0 saturated heterocycles. The van der Waals surface area contributed by atoms with Gasteiger partial charge in [0.05, 0.1) is 3.81 Å². The van der Waals surface area contributed by atoms with Gasteiger partial charge in [0.2, 0.25) is 0 Å². The van der Waals surface area contributed by atoms with Crippen LogP contribution in [0.5, 0.6) is 0 Å². The third-order valence-electron chi connectivity index (χ3n) is 3.76. The van der Waals surface area contributed by atoms with E-state index in [1.165, 1.54) is 16.7 Å². The molecule has 0 bridgehead atoms. The van der Waals surface area contributed by atoms with Gasteiger partial charge in [-0.3, -0.25) is 4.90 Å². The van der Waals surface area contributed by atoms with Crippen LogP contribution in [0.25, 0.3) is 0 Å². The Morgan fingerprint density at radius 1 is 1.43 bits per heavy atom. The van der Waals surface area contributed by atoms with Gasteiger partial charge < -0.3 is 9.84 Å². The molecule has 0 saturated carbocycles. The summed E-state index contributed by atoms with van der Waals surface area (Å²) >= 11 is 11.2. The molecule has 1 N–H and O–H groups in total. The van der Waals surface area contributed by atoms with Crippen molar-refractivity contribution in [3.63, 3.8) is 0 Å². The molecule has 0 spiro atoms. The SMILES string of the molecule is CC(C)(C)N(C(=O)O)C1=NC2=C(Cl)SC(Br)=C3OCC(=C23)CC1. The largest absolute Gasteiger partial charge is 0.487 e. The molecule has 8 heteroatoms. The number of halogens is 2. The Morgan fingerprint density at radius 3 is 2.74 bits per heavy atom. The number of hydrogen-bond acceptors (Lipinski definition) is 4. The standard InChI is InChI=1S/C15H16BrClN2O3S/c1-15(2,3)19(14(20)21)8-5-4-7-6-22-11-9(7)10(18-8)13(17)23-12(11)16/h4-6H2,1-3H3,(H,20,21). The Balaban J connectivity index is 2.10. The van der Waals surface area contributed by atoms with Gasteiger partial charge in [0.25, 0.3) is 0 Å². The first-order chi connectivity index (χ1) is 10.7. The minimum atomic E-state index is -1.01. The number of amidine groups is 1. The first-order valence-electron chi connectivity index (χ1n) is 7.14. The average molecular weight is 420 g/mol. The van der Waals surface area contributed by atoms with E-state index in [0.717, 1.165) is 20.7 Å². The maximum absolute atomic E-state index is 11.7. The van der Waals surface area contributed by atoms with Gasteiger partial charge in [0, 0.05) is 17.5 Å². The van der Waals surface area contributed by atoms with Gasteiger partial charge in [-0.2, -0.15) is 0 Å². The summed E-state index contributed by atoms with van der Waals surface area (Å²) in [5, 5.41) is 9.62. The van der Waals surface area contributed by atoms with E-state index in [-0.39, 0.29) is 0 Å². The summed E-state index contributed by atoms with van der Waals surface area (Å²) in [4.78, 5) is 17.7. The summed E-state index contributed by atoms with van der Waals surface area (Å²) in [6.45, 7) is 6.06. The fourth-order valence-corrected chi connectivity index (χ4v) is 4.96. The van der Waals surface area contributed by atoms with Crippen molar-refractivity contribution in [3.8, 4) is 0 Å². The zero-order valence-corrected chi connectivity index (χ0v) is 16.1. The minimum absolute atomic E-state index is 0.499. The zero-order chi connectivity index (χ0) is 16.9. The van der Waals surface area contributed by atoms with Crippen LogP contribution in [-0.4, -0.2) is 34.1 Å². The van der Waals surface area contributed by atoms with Gasteiger partial charge in [-0.25, -0.2) is 9.79 Å². The van der Waals surface area contributed by atoms with E-state index in [9.17, 15) is 9.90 Å². The first-order valence-corrected chi connectivity index (χ1v) is 9.12. The van der Waals surface area contributed by atoms with Crippen molar-refractivity contribution in [2.75, 3.05) is 6.61 Å². The predicted molar refractivity (Wildman–Crippen MR) is 95.7 cm³/mol. The van der Waals surface area contributed by atoms with Gasteiger partial charge in [-0.1, -0.05) is 23.4 Å². The molecule has 0 radical (unpaired) electrons. The van der Waals surface area contributed by atoms with Crippen LogP contribution in [0.4, 0.5) is 4.79 Å². The van der Waals surface area contributed by atoms with E-state index < -0.39 is 11.6 Å². The normalized spacial score (nSPS) is 21.0. The van der Waals surface area contributed by atoms with Crippen molar-refractivity contribution in [2.45, 2.75) is 39.2 Å². The van der Waals surface area contributed by atoms with Crippen LogP contribution in [0.1, 0.15) is 33.6 Å². The number of thioether (sulfide) groups is 1. The molecule has 3 rings (SSSR count). The lowest BCUT2D eigenvalue weighted by Crippen LogP contribution is -2.48. The van der Waals surface area contributed by atoms with E-state index in [0.29, 0.717) is 35.3 Å². The molecule has 0 atom stereocenters. The van der Waals surface area contributed by atoms with E-state index in [2.05, 4.69) is 20.9 Å². The summed E-state index contributed by atoms with van der Waals surface area (Å²) in [6, 6.07) is 0. The number of carboxylic acid groups (broad SMARTS) is 1. The van der Waals surface area contributed by atoms with Crippen molar-refractivity contribution in [2.24, 2.45) is 4.99 Å². The lowest BCUT2D eigenvalue weighted by Gasteiger charge is -2.34.